The highest BCUT2D eigenvalue weighted by Crippen LogP contribution is 2.43. The van der Waals surface area contributed by atoms with Crippen molar-refractivity contribution >= 4 is 19.8 Å². The quantitative estimate of drug-likeness (QED) is 0.0211. The first-order valence-electron chi connectivity index (χ1n) is 33.3. The van der Waals surface area contributed by atoms with E-state index in [1.165, 1.54) is 128 Å². The van der Waals surface area contributed by atoms with Gasteiger partial charge in [0.25, 0.3) is 0 Å². The number of quaternary nitrogens is 1. The number of carbonyl (C=O) groups is 2. The minimum atomic E-state index is -4.40. The van der Waals surface area contributed by atoms with Gasteiger partial charge in [-0.25, -0.2) is 4.57 Å². The third-order valence-corrected chi connectivity index (χ3v) is 15.0. The molecule has 0 saturated carbocycles. The van der Waals surface area contributed by atoms with Crippen molar-refractivity contribution in [1.82, 2.24) is 0 Å². The van der Waals surface area contributed by atoms with Crippen LogP contribution in [0.1, 0.15) is 271 Å². The molecule has 82 heavy (non-hydrogen) atoms. The van der Waals surface area contributed by atoms with Crippen molar-refractivity contribution < 1.29 is 42.1 Å². The minimum absolute atomic E-state index is 0.0218. The van der Waals surface area contributed by atoms with Crippen molar-refractivity contribution in [3.05, 3.63) is 122 Å². The molecule has 2 unspecified atom stereocenters. The lowest BCUT2D eigenvalue weighted by molar-refractivity contribution is -0.870. The first kappa shape index (κ1) is 78.4. The third-order valence-electron chi connectivity index (χ3n) is 14.0. The van der Waals surface area contributed by atoms with Crippen LogP contribution in [0.2, 0.25) is 0 Å². The normalized spacial score (nSPS) is 14.0. The van der Waals surface area contributed by atoms with E-state index in [1.807, 2.05) is 21.1 Å². The van der Waals surface area contributed by atoms with Gasteiger partial charge in [-0.2, -0.15) is 0 Å². The Balaban J connectivity index is 4.14. The van der Waals surface area contributed by atoms with Crippen LogP contribution in [0.15, 0.2) is 122 Å². The number of phosphoric ester groups is 1. The molecule has 0 aromatic rings. The molecule has 0 rings (SSSR count). The zero-order valence-electron chi connectivity index (χ0n) is 53.4. The average Bonchev–Trinajstić information content (AvgIpc) is 3.46. The second-order valence-electron chi connectivity index (χ2n) is 23.1. The Labute approximate surface area is 505 Å². The van der Waals surface area contributed by atoms with Crippen LogP contribution >= 0.6 is 7.82 Å². The molecule has 0 bridgehead atoms. The molecule has 0 saturated heterocycles. The Kier molecular flexibility index (Phi) is 59.2. The van der Waals surface area contributed by atoms with Crippen molar-refractivity contribution in [3.8, 4) is 0 Å². The topological polar surface area (TPSA) is 108 Å². The predicted molar refractivity (Wildman–Crippen MR) is 353 cm³/mol. The molecular weight excluding hydrogens is 1040 g/mol. The Hall–Kier alpha value is -3.59. The summed E-state index contributed by atoms with van der Waals surface area (Å²) in [6.07, 6.45) is 88.6. The summed E-state index contributed by atoms with van der Waals surface area (Å²) in [4.78, 5) is 35.8. The maximum Gasteiger partial charge on any atom is 0.472 e. The Morgan fingerprint density at radius 1 is 0.390 bits per heavy atom. The van der Waals surface area contributed by atoms with E-state index in [4.69, 9.17) is 18.5 Å². The number of nitrogens with zero attached hydrogens (tertiary/aromatic N) is 1. The summed E-state index contributed by atoms with van der Waals surface area (Å²) in [5, 5.41) is 0. The van der Waals surface area contributed by atoms with Gasteiger partial charge in [-0.3, -0.25) is 18.6 Å². The van der Waals surface area contributed by atoms with E-state index >= 15 is 0 Å². The Bertz CT molecular complexity index is 1800. The lowest BCUT2D eigenvalue weighted by atomic mass is 10.0. The predicted octanol–water partition coefficient (Wildman–Crippen LogP) is 21.5. The molecule has 0 aliphatic rings. The summed E-state index contributed by atoms with van der Waals surface area (Å²) in [6.45, 7) is 4.29. The number of hydrogen-bond acceptors (Lipinski definition) is 7. The van der Waals surface area contributed by atoms with E-state index in [9.17, 15) is 19.0 Å². The average molecular weight is 1160 g/mol. The van der Waals surface area contributed by atoms with Crippen LogP contribution in [-0.4, -0.2) is 74.9 Å². The third kappa shape index (κ3) is 65.6. The lowest BCUT2D eigenvalue weighted by Gasteiger charge is -2.24. The summed E-state index contributed by atoms with van der Waals surface area (Å²) in [6, 6.07) is 0. The number of allylic oxidation sites excluding steroid dienone is 20. The highest BCUT2D eigenvalue weighted by Gasteiger charge is 2.27. The lowest BCUT2D eigenvalue weighted by Crippen LogP contribution is -2.37. The molecular formula is C72H125NO8P+. The van der Waals surface area contributed by atoms with Crippen molar-refractivity contribution in [2.45, 2.75) is 277 Å². The molecule has 0 aromatic carbocycles. The number of phosphoric acid groups is 1. The van der Waals surface area contributed by atoms with Gasteiger partial charge in [-0.05, 0) is 109 Å². The first-order valence-corrected chi connectivity index (χ1v) is 34.8. The number of esters is 2. The van der Waals surface area contributed by atoms with Crippen molar-refractivity contribution in [1.29, 1.82) is 0 Å². The van der Waals surface area contributed by atoms with Crippen molar-refractivity contribution in [2.75, 3.05) is 47.5 Å². The number of likely N-dealkylation sites (N-methyl/N-ethyl adjacent to an activating group) is 1. The highest BCUT2D eigenvalue weighted by molar-refractivity contribution is 7.47. The molecule has 0 heterocycles. The van der Waals surface area contributed by atoms with Crippen LogP contribution < -0.4 is 0 Å². The molecule has 0 aromatic heterocycles. The number of hydrogen-bond donors (Lipinski definition) is 1. The van der Waals surface area contributed by atoms with Crippen LogP contribution in [0.5, 0.6) is 0 Å². The van der Waals surface area contributed by atoms with E-state index in [2.05, 4.69) is 135 Å². The zero-order chi connectivity index (χ0) is 59.8. The van der Waals surface area contributed by atoms with Gasteiger partial charge >= 0.3 is 19.8 Å². The van der Waals surface area contributed by atoms with E-state index in [0.29, 0.717) is 17.4 Å². The molecule has 0 aliphatic carbocycles. The molecule has 0 spiro atoms. The smallest absolute Gasteiger partial charge is 0.462 e. The monoisotopic (exact) mass is 1160 g/mol. The second-order valence-corrected chi connectivity index (χ2v) is 24.6. The largest absolute Gasteiger partial charge is 0.472 e. The number of carbonyl (C=O) groups excluding carboxylic acids is 2. The van der Waals surface area contributed by atoms with Crippen LogP contribution in [0.3, 0.4) is 0 Å². The fraction of sp³-hybridized carbons (Fsp3) is 0.694. The van der Waals surface area contributed by atoms with Gasteiger partial charge in [0.1, 0.15) is 19.8 Å². The molecule has 0 aliphatic heterocycles. The highest BCUT2D eigenvalue weighted by atomic mass is 31.2. The minimum Gasteiger partial charge on any atom is -0.462 e. The van der Waals surface area contributed by atoms with Gasteiger partial charge in [-0.1, -0.05) is 270 Å². The van der Waals surface area contributed by atoms with Gasteiger partial charge in [0.2, 0.25) is 0 Å². The molecule has 0 fully saturated rings. The molecule has 470 valence electrons. The maximum absolute atomic E-state index is 12.9. The first-order chi connectivity index (χ1) is 40.0. The summed E-state index contributed by atoms with van der Waals surface area (Å²) >= 11 is 0. The summed E-state index contributed by atoms with van der Waals surface area (Å²) in [7, 11) is 1.45. The fourth-order valence-corrected chi connectivity index (χ4v) is 9.63. The number of unbranched alkanes of at least 4 members (excludes halogenated alkanes) is 26. The van der Waals surface area contributed by atoms with Crippen molar-refractivity contribution in [3.63, 3.8) is 0 Å². The Morgan fingerprint density at radius 2 is 0.695 bits per heavy atom. The fourth-order valence-electron chi connectivity index (χ4n) is 8.89. The van der Waals surface area contributed by atoms with Gasteiger partial charge in [0.15, 0.2) is 6.10 Å². The van der Waals surface area contributed by atoms with Crippen LogP contribution in [0.25, 0.3) is 0 Å². The second kappa shape index (κ2) is 62.0. The van der Waals surface area contributed by atoms with Gasteiger partial charge < -0.3 is 18.9 Å². The summed E-state index contributed by atoms with van der Waals surface area (Å²) in [5.41, 5.74) is 0. The standard InChI is InChI=1S/C72H124NO8P/c1-6-8-10-12-14-16-18-20-22-24-26-28-30-32-34-35-36-37-39-40-42-44-46-48-50-52-54-56-58-60-62-64-71(74)78-68-70(69-80-82(76,77)79-67-66-73(3,4)5)81-72(75)65-63-61-59-57-55-53-51-49-47-45-43-41-38-33-31-29-27-25-23-21-19-17-15-13-11-9-7-2/h9,11,15,17-18,20-21,23-24,26-27,29-30,32-33,38,43,45,49,51,70H,6-8,10,12-14,16,19,22,25,28,31,34-37,39-42,44,46-48,50,52-69H2,1-5H3/p+1/b11-9-,17-15-,20-18-,23-21-,26-24-,29-27-,32-30-,38-33-,45-43-,51-49-. The van der Waals surface area contributed by atoms with Gasteiger partial charge in [0.05, 0.1) is 27.7 Å². The van der Waals surface area contributed by atoms with Gasteiger partial charge in [-0.15, -0.1) is 0 Å². The number of ether oxygens (including phenoxy) is 2. The molecule has 10 heteroatoms. The van der Waals surface area contributed by atoms with E-state index in [0.717, 1.165) is 109 Å². The van der Waals surface area contributed by atoms with Crippen molar-refractivity contribution in [2.24, 2.45) is 0 Å². The molecule has 1 N–H and O–H groups in total. The molecule has 9 nitrogen and oxygen atoms in total. The van der Waals surface area contributed by atoms with E-state index in [1.54, 1.807) is 0 Å². The van der Waals surface area contributed by atoms with Crippen LogP contribution in [0.4, 0.5) is 0 Å². The zero-order valence-corrected chi connectivity index (χ0v) is 54.3. The molecule has 0 radical (unpaired) electrons. The van der Waals surface area contributed by atoms with Crippen LogP contribution in [-0.2, 0) is 32.7 Å². The number of rotatable bonds is 60. The van der Waals surface area contributed by atoms with Gasteiger partial charge in [0, 0.05) is 12.8 Å². The van der Waals surface area contributed by atoms with Crippen LogP contribution in [0, 0.1) is 0 Å². The van der Waals surface area contributed by atoms with E-state index in [-0.39, 0.29) is 32.0 Å². The SMILES string of the molecule is CC/C=C\C/C=C\C/C=C\C/C=C\C/C=C\C/C=C\C/C=C\CCCCCCCC(=O)OC(COC(=O)CCCCCCCCCCCCCCCCCC/C=C\C/C=C\C/C=C\CCCCCCC)COP(=O)(O)OCC[N+](C)(C)C. The van der Waals surface area contributed by atoms with E-state index < -0.39 is 26.5 Å². The molecule has 0 amide bonds. The summed E-state index contributed by atoms with van der Waals surface area (Å²) < 4.78 is 34.7. The maximum atomic E-state index is 12.9. The Morgan fingerprint density at radius 3 is 1.04 bits per heavy atom. The summed E-state index contributed by atoms with van der Waals surface area (Å²) in [5.74, 6) is -0.821. The molecule has 2 atom stereocenters.